The SMILES string of the molecule is Cc1nc(C)n(CC(=O)N(C2CCCC2)C2CCS(=O)(=O)C2)n1. The third-order valence-corrected chi connectivity index (χ3v) is 6.61. The third kappa shape index (κ3) is 3.57. The predicted octanol–water partition coefficient (Wildman–Crippen LogP) is 0.853. The number of hydrogen-bond acceptors (Lipinski definition) is 5. The summed E-state index contributed by atoms with van der Waals surface area (Å²) in [5.74, 6) is 1.61. The fraction of sp³-hybridized carbons (Fsp3) is 0.800. The molecule has 0 aromatic carbocycles. The van der Waals surface area contributed by atoms with Gasteiger partial charge < -0.3 is 4.90 Å². The highest BCUT2D eigenvalue weighted by atomic mass is 32.2. The van der Waals surface area contributed by atoms with E-state index in [4.69, 9.17) is 0 Å². The van der Waals surface area contributed by atoms with E-state index in [9.17, 15) is 13.2 Å². The van der Waals surface area contributed by atoms with Crippen LogP contribution in [-0.2, 0) is 21.2 Å². The molecule has 0 radical (unpaired) electrons. The summed E-state index contributed by atoms with van der Waals surface area (Å²) in [5.41, 5.74) is 0. The van der Waals surface area contributed by atoms with Gasteiger partial charge in [0.2, 0.25) is 5.91 Å². The molecular weight excluding hydrogens is 316 g/mol. The van der Waals surface area contributed by atoms with E-state index >= 15 is 0 Å². The maximum Gasteiger partial charge on any atom is 0.244 e. The van der Waals surface area contributed by atoms with Gasteiger partial charge in [-0.15, -0.1) is 0 Å². The van der Waals surface area contributed by atoms with Crippen molar-refractivity contribution in [3.8, 4) is 0 Å². The maximum atomic E-state index is 12.9. The normalized spacial score (nSPS) is 24.2. The molecule has 1 amide bonds. The molecule has 7 nitrogen and oxygen atoms in total. The second kappa shape index (κ2) is 6.22. The van der Waals surface area contributed by atoms with Crippen LogP contribution in [0.4, 0.5) is 0 Å². The predicted molar refractivity (Wildman–Crippen MR) is 85.7 cm³/mol. The molecule has 0 bridgehead atoms. The van der Waals surface area contributed by atoms with Crippen molar-refractivity contribution >= 4 is 15.7 Å². The summed E-state index contributed by atoms with van der Waals surface area (Å²) in [6.45, 7) is 3.76. The zero-order chi connectivity index (χ0) is 16.6. The topological polar surface area (TPSA) is 85.2 Å². The molecule has 128 valence electrons. The van der Waals surface area contributed by atoms with Crippen LogP contribution in [0.1, 0.15) is 43.8 Å². The van der Waals surface area contributed by atoms with Crippen molar-refractivity contribution in [3.63, 3.8) is 0 Å². The largest absolute Gasteiger partial charge is 0.334 e. The summed E-state index contributed by atoms with van der Waals surface area (Å²) in [4.78, 5) is 19.0. The van der Waals surface area contributed by atoms with Crippen LogP contribution in [0.2, 0.25) is 0 Å². The average molecular weight is 340 g/mol. The van der Waals surface area contributed by atoms with Gasteiger partial charge in [-0.25, -0.2) is 18.1 Å². The smallest absolute Gasteiger partial charge is 0.244 e. The number of carbonyl (C=O) groups is 1. The Labute approximate surface area is 137 Å². The van der Waals surface area contributed by atoms with Gasteiger partial charge in [-0.2, -0.15) is 5.10 Å². The van der Waals surface area contributed by atoms with Crippen molar-refractivity contribution in [2.24, 2.45) is 0 Å². The zero-order valence-electron chi connectivity index (χ0n) is 13.7. The number of nitrogens with zero attached hydrogens (tertiary/aromatic N) is 4. The Balaban J connectivity index is 1.80. The number of amides is 1. The molecule has 1 aliphatic heterocycles. The minimum absolute atomic E-state index is 0.0352. The lowest BCUT2D eigenvalue weighted by Crippen LogP contribution is -2.48. The van der Waals surface area contributed by atoms with Crippen molar-refractivity contribution in [3.05, 3.63) is 11.6 Å². The lowest BCUT2D eigenvalue weighted by atomic mass is 10.1. The van der Waals surface area contributed by atoms with Crippen LogP contribution in [0.3, 0.4) is 0 Å². The molecule has 1 aromatic rings. The first-order chi connectivity index (χ1) is 10.9. The van der Waals surface area contributed by atoms with Crippen LogP contribution < -0.4 is 0 Å². The average Bonchev–Trinajstić information content (AvgIpc) is 3.14. The molecule has 1 atom stereocenters. The van der Waals surface area contributed by atoms with E-state index < -0.39 is 9.84 Å². The number of sulfone groups is 1. The second-order valence-electron chi connectivity index (χ2n) is 6.66. The standard InChI is InChI=1S/C15H24N4O3S/c1-11-16-12(2)18(17-11)9-15(20)19(13-5-3-4-6-13)14-7-8-23(21,22)10-14/h13-14H,3-10H2,1-2H3. The highest BCUT2D eigenvalue weighted by molar-refractivity contribution is 7.91. The molecule has 1 aliphatic carbocycles. The quantitative estimate of drug-likeness (QED) is 0.811. The van der Waals surface area contributed by atoms with Crippen molar-refractivity contribution in [2.75, 3.05) is 11.5 Å². The molecule has 0 spiro atoms. The number of aromatic nitrogens is 3. The van der Waals surface area contributed by atoms with Gasteiger partial charge in [0.05, 0.1) is 11.5 Å². The van der Waals surface area contributed by atoms with Gasteiger partial charge in [0.1, 0.15) is 18.2 Å². The summed E-state index contributed by atoms with van der Waals surface area (Å²) >= 11 is 0. The van der Waals surface area contributed by atoms with Crippen molar-refractivity contribution < 1.29 is 13.2 Å². The maximum absolute atomic E-state index is 12.9. The lowest BCUT2D eigenvalue weighted by Gasteiger charge is -2.34. The highest BCUT2D eigenvalue weighted by Crippen LogP contribution is 2.29. The van der Waals surface area contributed by atoms with E-state index in [-0.39, 0.29) is 36.0 Å². The van der Waals surface area contributed by atoms with E-state index in [1.165, 1.54) is 0 Å². The number of aryl methyl sites for hydroxylation is 2. The van der Waals surface area contributed by atoms with Crippen LogP contribution in [0.15, 0.2) is 0 Å². The highest BCUT2D eigenvalue weighted by Gasteiger charge is 2.39. The Kier molecular flexibility index (Phi) is 4.44. The van der Waals surface area contributed by atoms with Gasteiger partial charge in [0, 0.05) is 12.1 Å². The Morgan fingerprint density at radius 2 is 1.91 bits per heavy atom. The van der Waals surface area contributed by atoms with Gasteiger partial charge in [-0.3, -0.25) is 4.79 Å². The van der Waals surface area contributed by atoms with Crippen LogP contribution in [0, 0.1) is 13.8 Å². The Hall–Kier alpha value is -1.44. The molecule has 8 heteroatoms. The number of rotatable bonds is 4. The minimum Gasteiger partial charge on any atom is -0.334 e. The number of hydrogen-bond donors (Lipinski definition) is 0. The molecule has 2 fully saturated rings. The van der Waals surface area contributed by atoms with E-state index in [2.05, 4.69) is 10.1 Å². The lowest BCUT2D eigenvalue weighted by molar-refractivity contribution is -0.136. The Morgan fingerprint density at radius 1 is 1.22 bits per heavy atom. The fourth-order valence-electron chi connectivity index (χ4n) is 3.80. The molecule has 2 heterocycles. The fourth-order valence-corrected chi connectivity index (χ4v) is 5.51. The molecule has 0 N–H and O–H groups in total. The minimum atomic E-state index is -3.01. The van der Waals surface area contributed by atoms with Gasteiger partial charge >= 0.3 is 0 Å². The summed E-state index contributed by atoms with van der Waals surface area (Å²) in [6.07, 6.45) is 4.71. The summed E-state index contributed by atoms with van der Waals surface area (Å²) in [6, 6.07) is -0.00810. The van der Waals surface area contributed by atoms with Crippen LogP contribution >= 0.6 is 0 Å². The van der Waals surface area contributed by atoms with Gasteiger partial charge in [-0.05, 0) is 33.1 Å². The van der Waals surface area contributed by atoms with Crippen molar-refractivity contribution in [1.82, 2.24) is 19.7 Å². The van der Waals surface area contributed by atoms with Crippen LogP contribution in [-0.4, -0.2) is 57.6 Å². The first-order valence-electron chi connectivity index (χ1n) is 8.25. The van der Waals surface area contributed by atoms with E-state index in [1.807, 2.05) is 11.8 Å². The van der Waals surface area contributed by atoms with Crippen molar-refractivity contribution in [1.29, 1.82) is 0 Å². The molecule has 1 aromatic heterocycles. The van der Waals surface area contributed by atoms with Gasteiger partial charge in [0.15, 0.2) is 9.84 Å². The Morgan fingerprint density at radius 3 is 2.43 bits per heavy atom. The monoisotopic (exact) mass is 340 g/mol. The molecular formula is C15H24N4O3S. The first-order valence-corrected chi connectivity index (χ1v) is 10.1. The molecule has 1 saturated carbocycles. The molecule has 1 saturated heterocycles. The molecule has 2 aliphatic rings. The van der Waals surface area contributed by atoms with E-state index in [0.717, 1.165) is 25.7 Å². The molecule has 1 unspecified atom stereocenters. The second-order valence-corrected chi connectivity index (χ2v) is 8.89. The zero-order valence-corrected chi connectivity index (χ0v) is 14.5. The van der Waals surface area contributed by atoms with Crippen LogP contribution in [0.5, 0.6) is 0 Å². The van der Waals surface area contributed by atoms with E-state index in [1.54, 1.807) is 11.6 Å². The molecule has 3 rings (SSSR count). The first kappa shape index (κ1) is 16.4. The Bertz CT molecular complexity index is 692. The van der Waals surface area contributed by atoms with Gasteiger partial charge in [-0.1, -0.05) is 12.8 Å². The summed E-state index contributed by atoms with van der Waals surface area (Å²) in [5, 5.41) is 4.25. The summed E-state index contributed by atoms with van der Waals surface area (Å²) < 4.78 is 25.3. The van der Waals surface area contributed by atoms with E-state index in [0.29, 0.717) is 18.1 Å². The van der Waals surface area contributed by atoms with Crippen LogP contribution in [0.25, 0.3) is 0 Å². The third-order valence-electron chi connectivity index (χ3n) is 4.86. The number of carbonyl (C=O) groups excluding carboxylic acids is 1. The van der Waals surface area contributed by atoms with Gasteiger partial charge in [0.25, 0.3) is 0 Å². The summed E-state index contributed by atoms with van der Waals surface area (Å²) in [7, 11) is -3.01. The van der Waals surface area contributed by atoms with Crippen molar-refractivity contribution in [2.45, 2.75) is 64.6 Å². The molecule has 23 heavy (non-hydrogen) atoms.